The van der Waals surface area contributed by atoms with Crippen LogP contribution in [0.5, 0.6) is 0 Å². The molecule has 2 atom stereocenters. The van der Waals surface area contributed by atoms with Crippen molar-refractivity contribution in [2.45, 2.75) is 32.4 Å². The minimum Gasteiger partial charge on any atom is -0.328 e. The number of hydrogen-bond acceptors (Lipinski definition) is 3. The van der Waals surface area contributed by atoms with Crippen LogP contribution in [0.4, 0.5) is 0 Å². The minimum absolute atomic E-state index is 0.299. The average Bonchev–Trinajstić information content (AvgIpc) is 2.65. The Labute approximate surface area is 90.7 Å². The van der Waals surface area contributed by atoms with Crippen LogP contribution in [-0.4, -0.2) is 24.5 Å². The molecule has 0 aliphatic heterocycles. The molecule has 0 spiro atoms. The summed E-state index contributed by atoms with van der Waals surface area (Å²) < 4.78 is 0. The van der Waals surface area contributed by atoms with E-state index in [1.807, 2.05) is 11.3 Å². The standard InChI is InChI=1S/C11H20N2S/c1-9(12)6-7-13(3)10(2)11-5-4-8-14-11/h4-5,8-10H,6-7,12H2,1-3H3. The molecular formula is C11H20N2S. The number of nitrogens with zero attached hydrogens (tertiary/aromatic N) is 1. The van der Waals surface area contributed by atoms with Crippen LogP contribution in [0.2, 0.25) is 0 Å². The van der Waals surface area contributed by atoms with Crippen molar-refractivity contribution in [3.8, 4) is 0 Å². The SMILES string of the molecule is CC(N)CCN(C)C(C)c1cccs1. The zero-order valence-corrected chi connectivity index (χ0v) is 10.1. The average molecular weight is 212 g/mol. The van der Waals surface area contributed by atoms with E-state index in [1.165, 1.54) is 4.88 Å². The predicted molar refractivity (Wildman–Crippen MR) is 63.6 cm³/mol. The van der Waals surface area contributed by atoms with Crippen molar-refractivity contribution in [3.63, 3.8) is 0 Å². The number of thiophene rings is 1. The van der Waals surface area contributed by atoms with Gasteiger partial charge in [0.05, 0.1) is 0 Å². The summed E-state index contributed by atoms with van der Waals surface area (Å²) in [6, 6.07) is 5.11. The van der Waals surface area contributed by atoms with E-state index >= 15 is 0 Å². The van der Waals surface area contributed by atoms with Crippen LogP contribution in [0.15, 0.2) is 17.5 Å². The van der Waals surface area contributed by atoms with Gasteiger partial charge in [-0.25, -0.2) is 0 Å². The summed E-state index contributed by atoms with van der Waals surface area (Å²) in [6.45, 7) is 5.37. The molecule has 0 fully saturated rings. The van der Waals surface area contributed by atoms with Crippen molar-refractivity contribution >= 4 is 11.3 Å². The van der Waals surface area contributed by atoms with Gasteiger partial charge in [-0.3, -0.25) is 4.90 Å². The molecule has 0 radical (unpaired) electrons. The predicted octanol–water partition coefficient (Wildman–Crippen LogP) is 2.48. The lowest BCUT2D eigenvalue weighted by Crippen LogP contribution is -2.27. The van der Waals surface area contributed by atoms with Gasteiger partial charge in [0.25, 0.3) is 0 Å². The summed E-state index contributed by atoms with van der Waals surface area (Å²) >= 11 is 1.82. The number of nitrogens with two attached hydrogens (primary N) is 1. The lowest BCUT2D eigenvalue weighted by Gasteiger charge is -2.24. The smallest absolute Gasteiger partial charge is 0.0410 e. The highest BCUT2D eigenvalue weighted by Crippen LogP contribution is 2.23. The Bertz CT molecular complexity index is 244. The van der Waals surface area contributed by atoms with Crippen LogP contribution in [0.1, 0.15) is 31.2 Å². The Morgan fingerprint density at radius 2 is 2.21 bits per heavy atom. The lowest BCUT2D eigenvalue weighted by atomic mass is 10.2. The fourth-order valence-electron chi connectivity index (χ4n) is 1.35. The molecule has 0 saturated carbocycles. The van der Waals surface area contributed by atoms with Gasteiger partial charge in [0, 0.05) is 17.0 Å². The zero-order chi connectivity index (χ0) is 10.6. The molecule has 2 nitrogen and oxygen atoms in total. The third-order valence-corrected chi connectivity index (χ3v) is 3.60. The molecule has 0 amide bonds. The van der Waals surface area contributed by atoms with Crippen LogP contribution in [-0.2, 0) is 0 Å². The first-order chi connectivity index (χ1) is 6.61. The van der Waals surface area contributed by atoms with Gasteiger partial charge in [0.2, 0.25) is 0 Å². The van der Waals surface area contributed by atoms with Crippen LogP contribution in [0.25, 0.3) is 0 Å². The van der Waals surface area contributed by atoms with Crippen molar-refractivity contribution < 1.29 is 0 Å². The van der Waals surface area contributed by atoms with E-state index in [9.17, 15) is 0 Å². The highest BCUT2D eigenvalue weighted by Gasteiger charge is 2.12. The molecule has 3 heteroatoms. The number of rotatable bonds is 5. The van der Waals surface area contributed by atoms with E-state index in [0.717, 1.165) is 13.0 Å². The monoisotopic (exact) mass is 212 g/mol. The topological polar surface area (TPSA) is 29.3 Å². The summed E-state index contributed by atoms with van der Waals surface area (Å²) in [7, 11) is 2.16. The maximum absolute atomic E-state index is 5.74. The number of hydrogen-bond donors (Lipinski definition) is 1. The Morgan fingerprint density at radius 1 is 1.50 bits per heavy atom. The normalized spacial score (nSPS) is 15.8. The van der Waals surface area contributed by atoms with E-state index < -0.39 is 0 Å². The van der Waals surface area contributed by atoms with Gasteiger partial charge >= 0.3 is 0 Å². The Kier molecular flexibility index (Phi) is 4.58. The van der Waals surface area contributed by atoms with Crippen LogP contribution in [0, 0.1) is 0 Å². The van der Waals surface area contributed by atoms with E-state index in [-0.39, 0.29) is 0 Å². The maximum Gasteiger partial charge on any atom is 0.0410 e. The molecule has 1 aromatic heterocycles. The van der Waals surface area contributed by atoms with Crippen LogP contribution < -0.4 is 5.73 Å². The van der Waals surface area contributed by atoms with E-state index in [2.05, 4.69) is 43.3 Å². The fraction of sp³-hybridized carbons (Fsp3) is 0.636. The van der Waals surface area contributed by atoms with Crippen LogP contribution >= 0.6 is 11.3 Å². The molecule has 2 unspecified atom stereocenters. The van der Waals surface area contributed by atoms with E-state index in [1.54, 1.807) is 0 Å². The van der Waals surface area contributed by atoms with Crippen molar-refractivity contribution in [2.75, 3.05) is 13.6 Å². The van der Waals surface area contributed by atoms with Gasteiger partial charge in [0.15, 0.2) is 0 Å². The van der Waals surface area contributed by atoms with Gasteiger partial charge in [-0.2, -0.15) is 0 Å². The van der Waals surface area contributed by atoms with Gasteiger partial charge in [-0.05, 0) is 45.3 Å². The Balaban J connectivity index is 2.41. The molecule has 2 N–H and O–H groups in total. The summed E-state index contributed by atoms with van der Waals surface area (Å²) in [5.74, 6) is 0. The molecule has 80 valence electrons. The third-order valence-electron chi connectivity index (χ3n) is 2.55. The molecule has 1 heterocycles. The summed E-state index contributed by atoms with van der Waals surface area (Å²) in [5, 5.41) is 2.13. The molecule has 0 bridgehead atoms. The lowest BCUT2D eigenvalue weighted by molar-refractivity contribution is 0.256. The molecule has 1 aromatic rings. The molecule has 14 heavy (non-hydrogen) atoms. The maximum atomic E-state index is 5.74. The largest absolute Gasteiger partial charge is 0.328 e. The Hall–Kier alpha value is -0.380. The quantitative estimate of drug-likeness (QED) is 0.812. The second-order valence-electron chi connectivity index (χ2n) is 3.94. The van der Waals surface area contributed by atoms with E-state index in [0.29, 0.717) is 12.1 Å². The van der Waals surface area contributed by atoms with Crippen molar-refractivity contribution in [1.82, 2.24) is 4.90 Å². The van der Waals surface area contributed by atoms with Gasteiger partial charge in [-0.15, -0.1) is 11.3 Å². The second-order valence-corrected chi connectivity index (χ2v) is 4.92. The van der Waals surface area contributed by atoms with Gasteiger partial charge in [-0.1, -0.05) is 6.07 Å². The van der Waals surface area contributed by atoms with Gasteiger partial charge in [0.1, 0.15) is 0 Å². The van der Waals surface area contributed by atoms with Crippen molar-refractivity contribution in [2.24, 2.45) is 5.73 Å². The van der Waals surface area contributed by atoms with Crippen molar-refractivity contribution in [3.05, 3.63) is 22.4 Å². The third kappa shape index (κ3) is 3.40. The molecule has 0 aliphatic rings. The molecule has 0 saturated heterocycles. The second kappa shape index (κ2) is 5.49. The minimum atomic E-state index is 0.299. The van der Waals surface area contributed by atoms with Crippen LogP contribution in [0.3, 0.4) is 0 Å². The molecular weight excluding hydrogens is 192 g/mol. The molecule has 1 rings (SSSR count). The summed E-state index contributed by atoms with van der Waals surface area (Å²) in [6.07, 6.45) is 1.06. The van der Waals surface area contributed by atoms with Gasteiger partial charge < -0.3 is 5.73 Å². The highest BCUT2D eigenvalue weighted by molar-refractivity contribution is 7.10. The first kappa shape index (κ1) is 11.7. The molecule has 0 aliphatic carbocycles. The molecule has 0 aromatic carbocycles. The summed E-state index contributed by atoms with van der Waals surface area (Å²) in [4.78, 5) is 3.78. The first-order valence-corrected chi connectivity index (χ1v) is 5.98. The van der Waals surface area contributed by atoms with E-state index in [4.69, 9.17) is 5.73 Å². The van der Waals surface area contributed by atoms with Crippen molar-refractivity contribution in [1.29, 1.82) is 0 Å². The highest BCUT2D eigenvalue weighted by atomic mass is 32.1. The fourth-order valence-corrected chi connectivity index (χ4v) is 2.20. The summed E-state index contributed by atoms with van der Waals surface area (Å²) in [5.41, 5.74) is 5.74. The Morgan fingerprint density at radius 3 is 2.71 bits per heavy atom. The first-order valence-electron chi connectivity index (χ1n) is 5.10. The zero-order valence-electron chi connectivity index (χ0n) is 9.23.